The lowest BCUT2D eigenvalue weighted by atomic mass is 9.96. The molecule has 0 unspecified atom stereocenters. The van der Waals surface area contributed by atoms with E-state index in [1.165, 1.54) is 16.9 Å². The van der Waals surface area contributed by atoms with Gasteiger partial charge < -0.3 is 11.5 Å². The Morgan fingerprint density at radius 1 is 1.38 bits per heavy atom. The smallest absolute Gasteiger partial charge is 0.181 e. The zero-order chi connectivity index (χ0) is 11.8. The molecule has 4 heteroatoms. The van der Waals surface area contributed by atoms with Gasteiger partial charge in [0.1, 0.15) is 0 Å². The minimum Gasteiger partial charge on any atom is -0.375 e. The number of nitrogens with zero attached hydrogens (tertiary/aromatic N) is 1. The molecule has 4 N–H and O–H groups in total. The van der Waals surface area contributed by atoms with Crippen LogP contribution in [0.15, 0.2) is 18.2 Å². The quantitative estimate of drug-likeness (QED) is 0.859. The number of thiazole rings is 1. The van der Waals surface area contributed by atoms with Crippen molar-refractivity contribution >= 4 is 26.7 Å². The monoisotopic (exact) mass is 235 g/mol. The summed E-state index contributed by atoms with van der Waals surface area (Å²) < 4.78 is 1.16. The van der Waals surface area contributed by atoms with Crippen LogP contribution in [0.1, 0.15) is 25.8 Å². The maximum Gasteiger partial charge on any atom is 0.181 e. The highest BCUT2D eigenvalue weighted by molar-refractivity contribution is 7.22. The van der Waals surface area contributed by atoms with Crippen molar-refractivity contribution in [1.82, 2.24) is 4.98 Å². The zero-order valence-corrected chi connectivity index (χ0v) is 10.5. The van der Waals surface area contributed by atoms with E-state index in [2.05, 4.69) is 31.0 Å². The summed E-state index contributed by atoms with van der Waals surface area (Å²) in [6.07, 6.45) is 1.98. The van der Waals surface area contributed by atoms with Gasteiger partial charge >= 0.3 is 0 Å². The molecule has 0 saturated heterocycles. The van der Waals surface area contributed by atoms with Crippen LogP contribution < -0.4 is 11.5 Å². The van der Waals surface area contributed by atoms with E-state index in [4.69, 9.17) is 11.5 Å². The summed E-state index contributed by atoms with van der Waals surface area (Å²) in [7, 11) is 0. The fourth-order valence-electron chi connectivity index (χ4n) is 1.61. The molecular weight excluding hydrogens is 218 g/mol. The summed E-state index contributed by atoms with van der Waals surface area (Å²) in [5.74, 6) is 0. The predicted molar refractivity (Wildman–Crippen MR) is 70.6 cm³/mol. The molecular formula is C12H17N3S. The Kier molecular flexibility index (Phi) is 2.86. The first-order valence-corrected chi connectivity index (χ1v) is 6.19. The number of nitrogens with two attached hydrogens (primary N) is 2. The summed E-state index contributed by atoms with van der Waals surface area (Å²) in [5, 5.41) is 0.631. The number of benzene rings is 1. The van der Waals surface area contributed by atoms with Crippen molar-refractivity contribution in [3.05, 3.63) is 23.8 Å². The molecule has 0 spiro atoms. The van der Waals surface area contributed by atoms with E-state index in [0.717, 1.165) is 23.1 Å². The van der Waals surface area contributed by atoms with Crippen LogP contribution in [0.25, 0.3) is 10.2 Å². The van der Waals surface area contributed by atoms with Gasteiger partial charge in [-0.1, -0.05) is 17.4 Å². The molecule has 1 aromatic heterocycles. The van der Waals surface area contributed by atoms with E-state index in [0.29, 0.717) is 5.13 Å². The molecule has 0 amide bonds. The van der Waals surface area contributed by atoms with Crippen LogP contribution in [0.4, 0.5) is 5.13 Å². The third-order valence-electron chi connectivity index (χ3n) is 2.53. The van der Waals surface area contributed by atoms with E-state index in [1.54, 1.807) is 0 Å². The summed E-state index contributed by atoms with van der Waals surface area (Å²) >= 11 is 1.54. The van der Waals surface area contributed by atoms with Gasteiger partial charge in [0.2, 0.25) is 0 Å². The third kappa shape index (κ3) is 2.71. The van der Waals surface area contributed by atoms with E-state index in [9.17, 15) is 0 Å². The van der Waals surface area contributed by atoms with Gasteiger partial charge in [-0.15, -0.1) is 0 Å². The SMILES string of the molecule is CC(C)(N)CCc1ccc2nc(N)sc2c1. The predicted octanol–water partition coefficient (Wildman–Crippen LogP) is 2.55. The van der Waals surface area contributed by atoms with Crippen LogP contribution >= 0.6 is 11.3 Å². The molecule has 0 aliphatic carbocycles. The number of hydrogen-bond acceptors (Lipinski definition) is 4. The molecule has 2 rings (SSSR count). The number of fused-ring (bicyclic) bond motifs is 1. The molecule has 3 nitrogen and oxygen atoms in total. The van der Waals surface area contributed by atoms with Crippen molar-refractivity contribution in [2.24, 2.45) is 5.73 Å². The summed E-state index contributed by atoms with van der Waals surface area (Å²) in [5.41, 5.74) is 13.8. The lowest BCUT2D eigenvalue weighted by molar-refractivity contribution is 0.477. The van der Waals surface area contributed by atoms with Gasteiger partial charge in [-0.2, -0.15) is 0 Å². The highest BCUT2D eigenvalue weighted by atomic mass is 32.1. The molecule has 1 heterocycles. The van der Waals surface area contributed by atoms with Gasteiger partial charge in [0.15, 0.2) is 5.13 Å². The van der Waals surface area contributed by atoms with E-state index in [-0.39, 0.29) is 5.54 Å². The Labute approximate surface area is 99.5 Å². The molecule has 0 fully saturated rings. The van der Waals surface area contributed by atoms with Crippen molar-refractivity contribution in [3.8, 4) is 0 Å². The second-order valence-electron chi connectivity index (χ2n) is 4.84. The van der Waals surface area contributed by atoms with Crippen molar-refractivity contribution in [3.63, 3.8) is 0 Å². The van der Waals surface area contributed by atoms with E-state index < -0.39 is 0 Å². The van der Waals surface area contributed by atoms with Crippen molar-refractivity contribution < 1.29 is 0 Å². The normalized spacial score (nSPS) is 12.2. The molecule has 16 heavy (non-hydrogen) atoms. The molecule has 0 aliphatic heterocycles. The lowest BCUT2D eigenvalue weighted by Crippen LogP contribution is -2.32. The van der Waals surface area contributed by atoms with Crippen molar-refractivity contribution in [1.29, 1.82) is 0 Å². The summed E-state index contributed by atoms with van der Waals surface area (Å²) in [4.78, 5) is 4.23. The van der Waals surface area contributed by atoms with Crippen LogP contribution in [-0.2, 0) is 6.42 Å². The Balaban J connectivity index is 2.19. The number of aryl methyl sites for hydroxylation is 1. The maximum absolute atomic E-state index is 5.97. The molecule has 0 atom stereocenters. The number of anilines is 1. The summed E-state index contributed by atoms with van der Waals surface area (Å²) in [6, 6.07) is 6.30. The van der Waals surface area contributed by atoms with Crippen LogP contribution in [-0.4, -0.2) is 10.5 Å². The van der Waals surface area contributed by atoms with Gasteiger partial charge in [-0.3, -0.25) is 0 Å². The van der Waals surface area contributed by atoms with Crippen LogP contribution in [0.3, 0.4) is 0 Å². The molecule has 1 aromatic carbocycles. The minimum absolute atomic E-state index is 0.109. The Bertz CT molecular complexity index is 496. The number of rotatable bonds is 3. The highest BCUT2D eigenvalue weighted by Gasteiger charge is 2.10. The fraction of sp³-hybridized carbons (Fsp3) is 0.417. The average molecular weight is 235 g/mol. The fourth-order valence-corrected chi connectivity index (χ4v) is 2.41. The second kappa shape index (κ2) is 4.03. The van der Waals surface area contributed by atoms with Crippen molar-refractivity contribution in [2.75, 3.05) is 5.73 Å². The van der Waals surface area contributed by atoms with Crippen LogP contribution in [0.5, 0.6) is 0 Å². The van der Waals surface area contributed by atoms with Crippen LogP contribution in [0.2, 0.25) is 0 Å². The molecule has 2 aromatic rings. The molecule has 0 aliphatic rings. The summed E-state index contributed by atoms with van der Waals surface area (Å²) in [6.45, 7) is 4.10. The highest BCUT2D eigenvalue weighted by Crippen LogP contribution is 2.25. The Morgan fingerprint density at radius 2 is 2.12 bits per heavy atom. The number of hydrogen-bond donors (Lipinski definition) is 2. The first-order chi connectivity index (χ1) is 7.44. The zero-order valence-electron chi connectivity index (χ0n) is 9.66. The van der Waals surface area contributed by atoms with Gasteiger partial charge in [-0.05, 0) is 44.4 Å². The number of aromatic nitrogens is 1. The second-order valence-corrected chi connectivity index (χ2v) is 5.90. The number of nitrogen functional groups attached to an aromatic ring is 1. The van der Waals surface area contributed by atoms with E-state index >= 15 is 0 Å². The molecule has 86 valence electrons. The van der Waals surface area contributed by atoms with Gasteiger partial charge in [0, 0.05) is 5.54 Å². The molecule has 0 saturated carbocycles. The minimum atomic E-state index is -0.109. The van der Waals surface area contributed by atoms with Gasteiger partial charge in [0.25, 0.3) is 0 Å². The first kappa shape index (κ1) is 11.4. The van der Waals surface area contributed by atoms with Crippen molar-refractivity contribution in [2.45, 2.75) is 32.2 Å². The largest absolute Gasteiger partial charge is 0.375 e. The van der Waals surface area contributed by atoms with Gasteiger partial charge in [0.05, 0.1) is 10.2 Å². The van der Waals surface area contributed by atoms with Crippen LogP contribution in [0, 0.1) is 0 Å². The van der Waals surface area contributed by atoms with Gasteiger partial charge in [-0.25, -0.2) is 4.98 Å². The Morgan fingerprint density at radius 3 is 2.81 bits per heavy atom. The topological polar surface area (TPSA) is 64.9 Å². The first-order valence-electron chi connectivity index (χ1n) is 5.38. The molecule has 0 radical (unpaired) electrons. The Hall–Kier alpha value is -1.13. The lowest BCUT2D eigenvalue weighted by Gasteiger charge is -2.17. The third-order valence-corrected chi connectivity index (χ3v) is 3.37. The standard InChI is InChI=1S/C12H17N3S/c1-12(2,14)6-5-8-3-4-9-10(7-8)16-11(13)15-9/h3-4,7H,5-6,14H2,1-2H3,(H2,13,15). The maximum atomic E-state index is 5.97. The average Bonchev–Trinajstić information content (AvgIpc) is 2.52. The molecule has 0 bridgehead atoms. The van der Waals surface area contributed by atoms with E-state index in [1.807, 2.05) is 6.07 Å².